The molecule has 3 N–H and O–H groups in total. The number of anilines is 1. The van der Waals surface area contributed by atoms with Crippen LogP contribution in [-0.2, 0) is 4.79 Å². The third-order valence-electron chi connectivity index (χ3n) is 4.86. The first kappa shape index (κ1) is 21.5. The van der Waals surface area contributed by atoms with Crippen LogP contribution in [0.25, 0.3) is 0 Å². The molecule has 0 saturated heterocycles. The maximum absolute atomic E-state index is 12.0. The van der Waals surface area contributed by atoms with Gasteiger partial charge in [-0.05, 0) is 49.2 Å². The molecule has 2 aromatic carbocycles. The van der Waals surface area contributed by atoms with Crippen molar-refractivity contribution >= 4 is 17.6 Å². The molecule has 2 aromatic rings. The zero-order valence-corrected chi connectivity index (χ0v) is 17.6. The first-order valence-electron chi connectivity index (χ1n) is 10.4. The van der Waals surface area contributed by atoms with Crippen LogP contribution in [0.3, 0.4) is 0 Å². The van der Waals surface area contributed by atoms with Crippen LogP contribution in [0.2, 0.25) is 0 Å². The summed E-state index contributed by atoms with van der Waals surface area (Å²) in [5, 5.41) is 9.53. The number of carbonyl (C=O) groups excluding carboxylic acids is 1. The number of hydrogen-bond donors (Lipinski definition) is 3. The van der Waals surface area contributed by atoms with Crippen LogP contribution in [0.4, 0.5) is 5.69 Å². The molecule has 1 aliphatic heterocycles. The van der Waals surface area contributed by atoms with Gasteiger partial charge in [0, 0.05) is 31.1 Å². The maximum Gasteiger partial charge on any atom is 0.225 e. The predicted molar refractivity (Wildman–Crippen MR) is 120 cm³/mol. The van der Waals surface area contributed by atoms with Crippen molar-refractivity contribution in [3.05, 3.63) is 54.1 Å². The van der Waals surface area contributed by atoms with E-state index in [1.807, 2.05) is 49.4 Å². The lowest BCUT2D eigenvalue weighted by Gasteiger charge is -2.24. The Kier molecular flexibility index (Phi) is 7.94. The minimum absolute atomic E-state index is 0.0440. The molecule has 30 heavy (non-hydrogen) atoms. The summed E-state index contributed by atoms with van der Waals surface area (Å²) in [6.07, 6.45) is 1.29. The number of para-hydroxylation sites is 1. The Morgan fingerprint density at radius 2 is 1.90 bits per heavy atom. The Morgan fingerprint density at radius 1 is 1.13 bits per heavy atom. The third kappa shape index (κ3) is 6.14. The number of methoxy groups -OCH3 is 1. The van der Waals surface area contributed by atoms with E-state index in [0.717, 1.165) is 48.2 Å². The van der Waals surface area contributed by atoms with Crippen LogP contribution in [0, 0.1) is 0 Å². The third-order valence-corrected chi connectivity index (χ3v) is 4.86. The summed E-state index contributed by atoms with van der Waals surface area (Å²) in [4.78, 5) is 16.7. The van der Waals surface area contributed by atoms with Crippen molar-refractivity contribution in [3.8, 4) is 11.5 Å². The average molecular weight is 411 g/mol. The summed E-state index contributed by atoms with van der Waals surface area (Å²) in [6.45, 7) is 4.71. The first-order chi connectivity index (χ1) is 14.7. The fourth-order valence-corrected chi connectivity index (χ4v) is 3.35. The van der Waals surface area contributed by atoms with E-state index in [1.54, 1.807) is 7.11 Å². The van der Waals surface area contributed by atoms with E-state index in [1.165, 1.54) is 0 Å². The molecule has 7 heteroatoms. The van der Waals surface area contributed by atoms with Crippen LogP contribution < -0.4 is 25.4 Å². The molecule has 7 nitrogen and oxygen atoms in total. The van der Waals surface area contributed by atoms with Crippen LogP contribution in [-0.4, -0.2) is 45.2 Å². The van der Waals surface area contributed by atoms with Gasteiger partial charge in [-0.15, -0.1) is 0 Å². The van der Waals surface area contributed by atoms with Crippen molar-refractivity contribution in [3.63, 3.8) is 0 Å². The zero-order chi connectivity index (χ0) is 21.2. The fourth-order valence-electron chi connectivity index (χ4n) is 3.35. The van der Waals surface area contributed by atoms with Gasteiger partial charge in [0.2, 0.25) is 5.91 Å². The first-order valence-corrected chi connectivity index (χ1v) is 10.4. The summed E-state index contributed by atoms with van der Waals surface area (Å²) < 4.78 is 10.9. The Balaban J connectivity index is 1.47. The molecule has 1 heterocycles. The average Bonchev–Trinajstić information content (AvgIpc) is 2.77. The number of ether oxygens (including phenoxy) is 2. The molecule has 1 atom stereocenters. The van der Waals surface area contributed by atoms with Crippen molar-refractivity contribution < 1.29 is 14.3 Å². The molecular weight excluding hydrogens is 380 g/mol. The standard InChI is InChI=1S/C23H30N4O3/c1-3-24-23(25-13-6-14-30-19-11-9-18(29-2)10-12-19)26-16-17-15-22(28)27-21-8-5-4-7-20(17)21/h4-5,7-12,17H,3,6,13-16H2,1-2H3,(H,27,28)(H2,24,25,26). The molecular formula is C23H30N4O3. The van der Waals surface area contributed by atoms with Crippen molar-refractivity contribution in [1.29, 1.82) is 0 Å². The van der Waals surface area contributed by atoms with E-state index in [9.17, 15) is 4.79 Å². The van der Waals surface area contributed by atoms with E-state index in [-0.39, 0.29) is 11.8 Å². The van der Waals surface area contributed by atoms with Gasteiger partial charge in [0.05, 0.1) is 20.3 Å². The van der Waals surface area contributed by atoms with Gasteiger partial charge in [0.25, 0.3) is 0 Å². The van der Waals surface area contributed by atoms with Crippen molar-refractivity contribution in [2.24, 2.45) is 4.99 Å². The monoisotopic (exact) mass is 410 g/mol. The molecule has 0 radical (unpaired) electrons. The number of guanidine groups is 1. The van der Waals surface area contributed by atoms with Gasteiger partial charge in [-0.25, -0.2) is 0 Å². The summed E-state index contributed by atoms with van der Waals surface area (Å²) in [7, 11) is 1.65. The van der Waals surface area contributed by atoms with Gasteiger partial charge in [0.1, 0.15) is 11.5 Å². The molecule has 0 saturated carbocycles. The van der Waals surface area contributed by atoms with E-state index < -0.39 is 0 Å². The Bertz CT molecular complexity index is 852. The van der Waals surface area contributed by atoms with Gasteiger partial charge in [-0.3, -0.25) is 9.79 Å². The number of amides is 1. The lowest BCUT2D eigenvalue weighted by molar-refractivity contribution is -0.116. The van der Waals surface area contributed by atoms with Crippen LogP contribution in [0.1, 0.15) is 31.2 Å². The van der Waals surface area contributed by atoms with E-state index in [4.69, 9.17) is 14.5 Å². The fraction of sp³-hybridized carbons (Fsp3) is 0.391. The smallest absolute Gasteiger partial charge is 0.225 e. The number of nitrogens with zero attached hydrogens (tertiary/aromatic N) is 1. The predicted octanol–water partition coefficient (Wildman–Crippen LogP) is 3.15. The van der Waals surface area contributed by atoms with Crippen LogP contribution in [0.5, 0.6) is 11.5 Å². The summed E-state index contributed by atoms with van der Waals surface area (Å²) >= 11 is 0. The minimum Gasteiger partial charge on any atom is -0.497 e. The quantitative estimate of drug-likeness (QED) is 0.336. The van der Waals surface area contributed by atoms with Crippen molar-refractivity contribution in [1.82, 2.24) is 10.6 Å². The second-order valence-electron chi connectivity index (χ2n) is 7.06. The highest BCUT2D eigenvalue weighted by Crippen LogP contribution is 2.31. The largest absolute Gasteiger partial charge is 0.497 e. The lowest BCUT2D eigenvalue weighted by atomic mass is 9.91. The van der Waals surface area contributed by atoms with Gasteiger partial charge >= 0.3 is 0 Å². The van der Waals surface area contributed by atoms with Crippen LogP contribution >= 0.6 is 0 Å². The highest BCUT2D eigenvalue weighted by molar-refractivity contribution is 5.94. The second-order valence-corrected chi connectivity index (χ2v) is 7.06. The number of nitrogens with one attached hydrogen (secondary N) is 3. The van der Waals surface area contributed by atoms with Crippen LogP contribution in [0.15, 0.2) is 53.5 Å². The Hall–Kier alpha value is -3.22. The summed E-state index contributed by atoms with van der Waals surface area (Å²) in [6, 6.07) is 15.5. The normalized spacial score (nSPS) is 15.7. The SMILES string of the molecule is CCNC(=NCC1CC(=O)Nc2ccccc21)NCCCOc1ccc(OC)cc1. The van der Waals surface area contributed by atoms with Crippen molar-refractivity contribution in [2.45, 2.75) is 25.7 Å². The number of rotatable bonds is 9. The zero-order valence-electron chi connectivity index (χ0n) is 17.6. The Morgan fingerprint density at radius 3 is 2.67 bits per heavy atom. The van der Waals surface area contributed by atoms with Crippen molar-refractivity contribution in [2.75, 3.05) is 38.7 Å². The van der Waals surface area contributed by atoms with E-state index in [2.05, 4.69) is 22.0 Å². The number of aliphatic imine (C=N–C) groups is 1. The molecule has 0 bridgehead atoms. The number of hydrogen-bond acceptors (Lipinski definition) is 4. The van der Waals surface area contributed by atoms with Gasteiger partial charge in [-0.2, -0.15) is 0 Å². The highest BCUT2D eigenvalue weighted by Gasteiger charge is 2.24. The molecule has 0 aliphatic carbocycles. The second kappa shape index (κ2) is 11.1. The topological polar surface area (TPSA) is 84.0 Å². The Labute approximate surface area is 177 Å². The molecule has 1 unspecified atom stereocenters. The lowest BCUT2D eigenvalue weighted by Crippen LogP contribution is -2.38. The molecule has 0 fully saturated rings. The number of benzene rings is 2. The van der Waals surface area contributed by atoms with E-state index in [0.29, 0.717) is 19.6 Å². The highest BCUT2D eigenvalue weighted by atomic mass is 16.5. The maximum atomic E-state index is 12.0. The number of fused-ring (bicyclic) bond motifs is 1. The summed E-state index contributed by atoms with van der Waals surface area (Å²) in [5.74, 6) is 2.52. The molecule has 1 amide bonds. The molecule has 1 aliphatic rings. The summed E-state index contributed by atoms with van der Waals surface area (Å²) in [5.41, 5.74) is 2.03. The molecule has 160 valence electrons. The van der Waals surface area contributed by atoms with Gasteiger partial charge < -0.3 is 25.4 Å². The molecule has 0 aromatic heterocycles. The van der Waals surface area contributed by atoms with Gasteiger partial charge in [-0.1, -0.05) is 18.2 Å². The minimum atomic E-state index is 0.0440. The number of carbonyl (C=O) groups is 1. The van der Waals surface area contributed by atoms with E-state index >= 15 is 0 Å². The molecule has 0 spiro atoms. The molecule has 3 rings (SSSR count). The van der Waals surface area contributed by atoms with Gasteiger partial charge in [0.15, 0.2) is 5.96 Å².